The second-order valence-corrected chi connectivity index (χ2v) is 19.2. The van der Waals surface area contributed by atoms with Crippen LogP contribution in [-0.2, 0) is 38.4 Å². The van der Waals surface area contributed by atoms with E-state index in [1.807, 2.05) is 19.1 Å². The Hall–Kier alpha value is -4.48. The molecule has 304 valence electrons. The largest absolute Gasteiger partial charge is 0.282 e. The summed E-state index contributed by atoms with van der Waals surface area (Å²) in [6.07, 6.45) is 22.0. The lowest BCUT2D eigenvalue weighted by atomic mass is 9.62. The number of unbranched alkanes of at least 4 members (excludes halogenated alkanes) is 4. The van der Waals surface area contributed by atoms with E-state index >= 15 is 0 Å². The Morgan fingerprint density at radius 3 is 1.45 bits per heavy atom. The minimum Gasteiger partial charge on any atom is -0.282 e. The van der Waals surface area contributed by atoms with Gasteiger partial charge in [-0.1, -0.05) is 79.9 Å². The third kappa shape index (κ3) is 9.90. The number of carbonyl (C=O) groups is 8. The van der Waals surface area contributed by atoms with Gasteiger partial charge in [0.25, 0.3) is 35.4 Å². The molecular formula is C44H60N4O8. The van der Waals surface area contributed by atoms with Crippen molar-refractivity contribution in [3.8, 4) is 0 Å². The molecule has 3 fully saturated rings. The first-order chi connectivity index (χ1) is 26.2. The van der Waals surface area contributed by atoms with Gasteiger partial charge >= 0.3 is 0 Å². The molecule has 2 aliphatic carbocycles. The van der Waals surface area contributed by atoms with Gasteiger partial charge in [-0.25, -0.2) is 0 Å². The van der Waals surface area contributed by atoms with Crippen LogP contribution in [0.1, 0.15) is 126 Å². The van der Waals surface area contributed by atoms with Crippen LogP contribution in [0.25, 0.3) is 0 Å². The van der Waals surface area contributed by atoms with E-state index in [2.05, 4.69) is 41.5 Å². The number of nitrogens with zero attached hydrogens (tertiary/aromatic N) is 4. The molecule has 56 heavy (non-hydrogen) atoms. The standard InChI is InChI=1S/C26H38N2O4.C18H22N2O4/c1-5-6-7-8-9-10-11-19-14-23(31)27(24(19)32)18-26(4)16-20(15-25(2,3)17-26)28-21(29)12-13-22(28)30;1-17(2)8-12(20-15(23)6-7-16(20)24)9-18(3,10-17)11-19-13(21)4-5-14(19)22/h10-13,19-20H,5-9,14-18H2,1-4H3;4-7,12H,8-11H2,1-3H3/b11-10+;. The number of hydrogen-bond acceptors (Lipinski definition) is 8. The molecule has 1 saturated heterocycles. The molecule has 0 radical (unpaired) electrons. The van der Waals surface area contributed by atoms with E-state index in [0.29, 0.717) is 25.9 Å². The first-order valence-corrected chi connectivity index (χ1v) is 20.3. The van der Waals surface area contributed by atoms with Crippen molar-refractivity contribution in [2.45, 2.75) is 138 Å². The number of likely N-dealkylation sites (tertiary alicyclic amines) is 1. The summed E-state index contributed by atoms with van der Waals surface area (Å²) in [5.74, 6) is -2.28. The number of carbonyl (C=O) groups excluding carboxylic acids is 8. The maximum Gasteiger partial charge on any atom is 0.253 e. The fourth-order valence-corrected chi connectivity index (χ4v) is 10.6. The molecule has 0 bridgehead atoms. The summed E-state index contributed by atoms with van der Waals surface area (Å²) < 4.78 is 0. The van der Waals surface area contributed by atoms with Gasteiger partial charge in [0, 0.05) is 68.1 Å². The molecular weight excluding hydrogens is 713 g/mol. The number of imide groups is 4. The van der Waals surface area contributed by atoms with E-state index in [-0.39, 0.29) is 93.3 Å². The molecule has 8 amide bonds. The van der Waals surface area contributed by atoms with Crippen LogP contribution in [-0.4, -0.2) is 92.0 Å². The second-order valence-electron chi connectivity index (χ2n) is 19.2. The number of rotatable bonds is 12. The Balaban J connectivity index is 0.000000223. The fourth-order valence-electron chi connectivity index (χ4n) is 10.6. The smallest absolute Gasteiger partial charge is 0.253 e. The summed E-state index contributed by atoms with van der Waals surface area (Å²) in [6.45, 7) is 15.4. The molecule has 5 atom stereocenters. The van der Waals surface area contributed by atoms with Gasteiger partial charge in [-0.15, -0.1) is 0 Å². The van der Waals surface area contributed by atoms with Crippen molar-refractivity contribution in [2.24, 2.45) is 27.6 Å². The molecule has 0 spiro atoms. The van der Waals surface area contributed by atoms with E-state index in [0.717, 1.165) is 38.5 Å². The van der Waals surface area contributed by atoms with Gasteiger partial charge in [-0.05, 0) is 73.0 Å². The van der Waals surface area contributed by atoms with Gasteiger partial charge in [0.05, 0.1) is 5.92 Å². The molecule has 0 aromatic carbocycles. The lowest BCUT2D eigenvalue weighted by molar-refractivity contribution is -0.147. The highest BCUT2D eigenvalue weighted by atomic mass is 16.2. The van der Waals surface area contributed by atoms with E-state index in [9.17, 15) is 38.4 Å². The first kappa shape index (κ1) is 42.7. The Labute approximate surface area is 331 Å². The molecule has 12 nitrogen and oxygen atoms in total. The van der Waals surface area contributed by atoms with Crippen LogP contribution in [0.2, 0.25) is 0 Å². The molecule has 12 heteroatoms. The maximum absolute atomic E-state index is 13.0. The normalized spacial score (nSPS) is 31.2. The van der Waals surface area contributed by atoms with Crippen molar-refractivity contribution in [2.75, 3.05) is 13.1 Å². The van der Waals surface area contributed by atoms with Crippen LogP contribution in [0.5, 0.6) is 0 Å². The van der Waals surface area contributed by atoms with Crippen LogP contribution in [0.4, 0.5) is 0 Å². The molecule has 4 aliphatic heterocycles. The van der Waals surface area contributed by atoms with E-state index < -0.39 is 0 Å². The monoisotopic (exact) mass is 772 g/mol. The minimum absolute atomic E-state index is 0.0972. The van der Waals surface area contributed by atoms with Crippen LogP contribution in [0.15, 0.2) is 48.6 Å². The predicted molar refractivity (Wildman–Crippen MR) is 210 cm³/mol. The maximum atomic E-state index is 13.0. The van der Waals surface area contributed by atoms with Crippen molar-refractivity contribution in [1.29, 1.82) is 0 Å². The average molecular weight is 773 g/mol. The van der Waals surface area contributed by atoms with E-state index in [1.54, 1.807) is 0 Å². The zero-order valence-electron chi connectivity index (χ0n) is 34.3. The minimum atomic E-state index is -0.365. The summed E-state index contributed by atoms with van der Waals surface area (Å²) >= 11 is 0. The molecule has 5 unspecified atom stereocenters. The lowest BCUT2D eigenvalue weighted by Gasteiger charge is -2.49. The summed E-state index contributed by atoms with van der Waals surface area (Å²) in [7, 11) is 0. The van der Waals surface area contributed by atoms with Crippen molar-refractivity contribution in [3.05, 3.63) is 48.6 Å². The molecule has 0 N–H and O–H groups in total. The van der Waals surface area contributed by atoms with Gasteiger partial charge in [0.15, 0.2) is 0 Å². The fraction of sp³-hybridized carbons (Fsp3) is 0.636. The van der Waals surface area contributed by atoms with Crippen LogP contribution in [0, 0.1) is 27.6 Å². The van der Waals surface area contributed by atoms with Gasteiger partial charge < -0.3 is 0 Å². The Morgan fingerprint density at radius 2 is 1.00 bits per heavy atom. The highest BCUT2D eigenvalue weighted by molar-refractivity contribution is 6.14. The topological polar surface area (TPSA) is 150 Å². The number of hydrogen-bond donors (Lipinski definition) is 0. The zero-order chi connectivity index (χ0) is 41.2. The lowest BCUT2D eigenvalue weighted by Crippen LogP contribution is -2.52. The highest BCUT2D eigenvalue weighted by Crippen LogP contribution is 2.50. The van der Waals surface area contributed by atoms with E-state index in [1.165, 1.54) is 75.3 Å². The number of amides is 8. The molecule has 4 heterocycles. The summed E-state index contributed by atoms with van der Waals surface area (Å²) in [6, 6.07) is -0.431. The predicted octanol–water partition coefficient (Wildman–Crippen LogP) is 5.82. The third-order valence-electron chi connectivity index (χ3n) is 12.1. The number of allylic oxidation sites excluding steroid dienone is 1. The van der Waals surface area contributed by atoms with Gasteiger partial charge in [0.2, 0.25) is 11.8 Å². The third-order valence-corrected chi connectivity index (χ3v) is 12.1. The van der Waals surface area contributed by atoms with Crippen molar-refractivity contribution in [1.82, 2.24) is 19.6 Å². The van der Waals surface area contributed by atoms with Crippen molar-refractivity contribution < 1.29 is 38.4 Å². The Morgan fingerprint density at radius 1 is 0.571 bits per heavy atom. The van der Waals surface area contributed by atoms with Crippen molar-refractivity contribution >= 4 is 47.3 Å². The SMILES string of the molecule is CC1(C)CC(N2C(=O)C=CC2=O)CC(C)(CN2C(=O)C=CC2=O)C1.CCCCCC/C=C/C1CC(=O)N(CC2(C)CC(N3C(=O)C=CC3=O)CC(C)(C)C2)C1=O. The van der Waals surface area contributed by atoms with E-state index in [4.69, 9.17) is 0 Å². The Kier molecular flexibility index (Phi) is 12.6. The summed E-state index contributed by atoms with van der Waals surface area (Å²) in [5, 5.41) is 0. The molecule has 6 aliphatic rings. The average Bonchev–Trinajstić information content (AvgIpc) is 3.78. The van der Waals surface area contributed by atoms with Gasteiger partial charge in [-0.3, -0.25) is 58.0 Å². The summed E-state index contributed by atoms with van der Waals surface area (Å²) in [4.78, 5) is 104. The van der Waals surface area contributed by atoms with Gasteiger partial charge in [-0.2, -0.15) is 0 Å². The van der Waals surface area contributed by atoms with Crippen LogP contribution >= 0.6 is 0 Å². The van der Waals surface area contributed by atoms with Crippen molar-refractivity contribution in [3.63, 3.8) is 0 Å². The van der Waals surface area contributed by atoms with Crippen LogP contribution < -0.4 is 0 Å². The Bertz CT molecular complexity index is 1720. The quantitative estimate of drug-likeness (QED) is 0.137. The molecule has 6 rings (SSSR count). The van der Waals surface area contributed by atoms with Crippen LogP contribution in [0.3, 0.4) is 0 Å². The molecule has 0 aromatic heterocycles. The highest BCUT2D eigenvalue weighted by Gasteiger charge is 2.50. The first-order valence-electron chi connectivity index (χ1n) is 20.3. The zero-order valence-corrected chi connectivity index (χ0v) is 34.3. The molecule has 2 saturated carbocycles. The van der Waals surface area contributed by atoms with Gasteiger partial charge in [0.1, 0.15) is 0 Å². The second kappa shape index (κ2) is 16.5. The molecule has 0 aromatic rings. The summed E-state index contributed by atoms with van der Waals surface area (Å²) in [5.41, 5.74) is -0.892.